The van der Waals surface area contributed by atoms with Gasteiger partial charge in [-0.1, -0.05) is 32.9 Å². The number of oxime groups is 1. The van der Waals surface area contributed by atoms with Crippen LogP contribution in [-0.4, -0.2) is 28.4 Å². The van der Waals surface area contributed by atoms with E-state index in [2.05, 4.69) is 5.16 Å². The minimum absolute atomic E-state index is 0.257. The zero-order valence-electron chi connectivity index (χ0n) is 9.87. The Morgan fingerprint density at radius 2 is 1.79 bits per heavy atom. The fourth-order valence-corrected chi connectivity index (χ4v) is 4.56. The SMILES string of the molecule is CCP(=O)(CC)C(C)(C)C/C(C)=N\O. The first-order valence-corrected chi connectivity index (χ1v) is 7.16. The zero-order valence-corrected chi connectivity index (χ0v) is 10.8. The Kier molecular flexibility index (Phi) is 4.87. The second-order valence-corrected chi connectivity index (χ2v) is 8.60. The van der Waals surface area contributed by atoms with E-state index in [4.69, 9.17) is 5.21 Å². The van der Waals surface area contributed by atoms with Crippen molar-refractivity contribution in [1.29, 1.82) is 0 Å². The van der Waals surface area contributed by atoms with E-state index >= 15 is 0 Å². The standard InChI is InChI=1S/C10H22NO2P/c1-6-14(13,7-2)10(4,5)8-9(3)11-12/h12H,6-8H2,1-5H3/b11-9-. The third-order valence-corrected chi connectivity index (χ3v) is 7.39. The summed E-state index contributed by atoms with van der Waals surface area (Å²) in [5, 5.41) is 11.5. The Labute approximate surface area is 87.0 Å². The molecule has 0 unspecified atom stereocenters. The van der Waals surface area contributed by atoms with Crippen molar-refractivity contribution in [3.05, 3.63) is 0 Å². The van der Waals surface area contributed by atoms with E-state index < -0.39 is 7.14 Å². The summed E-state index contributed by atoms with van der Waals surface area (Å²) in [5.74, 6) is 0. The molecule has 0 spiro atoms. The second kappa shape index (κ2) is 4.97. The van der Waals surface area contributed by atoms with E-state index in [9.17, 15) is 4.57 Å². The van der Waals surface area contributed by atoms with E-state index in [1.807, 2.05) is 27.7 Å². The van der Waals surface area contributed by atoms with Crippen molar-refractivity contribution in [1.82, 2.24) is 0 Å². The molecule has 0 aliphatic rings. The predicted molar refractivity (Wildman–Crippen MR) is 62.3 cm³/mol. The van der Waals surface area contributed by atoms with Crippen molar-refractivity contribution in [2.45, 2.75) is 46.2 Å². The van der Waals surface area contributed by atoms with Crippen LogP contribution in [0.4, 0.5) is 0 Å². The van der Waals surface area contributed by atoms with Crippen LogP contribution >= 0.6 is 7.14 Å². The summed E-state index contributed by atoms with van der Waals surface area (Å²) in [5.41, 5.74) is 0.650. The van der Waals surface area contributed by atoms with Gasteiger partial charge in [0, 0.05) is 11.6 Å². The fraction of sp³-hybridized carbons (Fsp3) is 0.900. The summed E-state index contributed by atoms with van der Waals surface area (Å²) < 4.78 is 12.5. The molecule has 4 heteroatoms. The molecule has 0 atom stereocenters. The topological polar surface area (TPSA) is 49.7 Å². The van der Waals surface area contributed by atoms with Crippen molar-refractivity contribution in [2.24, 2.45) is 5.16 Å². The van der Waals surface area contributed by atoms with E-state index in [1.54, 1.807) is 6.92 Å². The predicted octanol–water partition coefficient (Wildman–Crippen LogP) is 3.41. The third kappa shape index (κ3) is 2.84. The highest BCUT2D eigenvalue weighted by Gasteiger charge is 2.37. The van der Waals surface area contributed by atoms with Gasteiger partial charge in [0.2, 0.25) is 0 Å². The average Bonchev–Trinajstić information content (AvgIpc) is 2.15. The maximum absolute atomic E-state index is 12.5. The Balaban J connectivity index is 4.84. The summed E-state index contributed by atoms with van der Waals surface area (Å²) in [6, 6.07) is 0. The highest BCUT2D eigenvalue weighted by atomic mass is 31.2. The molecule has 0 saturated carbocycles. The highest BCUT2D eigenvalue weighted by molar-refractivity contribution is 7.65. The van der Waals surface area contributed by atoms with Crippen molar-refractivity contribution in [3.63, 3.8) is 0 Å². The molecule has 0 aromatic carbocycles. The van der Waals surface area contributed by atoms with Gasteiger partial charge >= 0.3 is 0 Å². The normalized spacial score (nSPS) is 14.5. The molecule has 84 valence electrons. The van der Waals surface area contributed by atoms with Crippen LogP contribution in [0.5, 0.6) is 0 Å². The molecular formula is C10H22NO2P. The number of hydrogen-bond donors (Lipinski definition) is 1. The molecule has 0 radical (unpaired) electrons. The van der Waals surface area contributed by atoms with Crippen LogP contribution in [0.15, 0.2) is 5.16 Å². The average molecular weight is 219 g/mol. The zero-order chi connectivity index (χ0) is 11.4. The second-order valence-electron chi connectivity index (χ2n) is 4.35. The molecule has 0 aliphatic heterocycles. The van der Waals surface area contributed by atoms with Crippen LogP contribution in [0.1, 0.15) is 41.0 Å². The summed E-state index contributed by atoms with van der Waals surface area (Å²) in [6.45, 7) is 9.69. The minimum atomic E-state index is -2.14. The molecule has 0 heterocycles. The summed E-state index contributed by atoms with van der Waals surface area (Å²) in [6.07, 6.45) is 2.03. The van der Waals surface area contributed by atoms with Gasteiger partial charge in [-0.05, 0) is 19.2 Å². The van der Waals surface area contributed by atoms with Crippen molar-refractivity contribution < 1.29 is 9.77 Å². The first-order valence-electron chi connectivity index (χ1n) is 5.08. The molecule has 0 fully saturated rings. The van der Waals surface area contributed by atoms with E-state index in [0.717, 1.165) is 12.3 Å². The van der Waals surface area contributed by atoms with Gasteiger partial charge in [0.05, 0.1) is 12.9 Å². The van der Waals surface area contributed by atoms with Crippen molar-refractivity contribution in [3.8, 4) is 0 Å². The lowest BCUT2D eigenvalue weighted by Crippen LogP contribution is -2.25. The van der Waals surface area contributed by atoms with Gasteiger partial charge in [0.1, 0.15) is 0 Å². The van der Waals surface area contributed by atoms with Crippen LogP contribution in [-0.2, 0) is 4.57 Å². The molecule has 1 N–H and O–H groups in total. The monoisotopic (exact) mass is 219 g/mol. The fourth-order valence-electron chi connectivity index (χ4n) is 1.89. The number of rotatable bonds is 5. The van der Waals surface area contributed by atoms with Crippen LogP contribution in [0.3, 0.4) is 0 Å². The quantitative estimate of drug-likeness (QED) is 0.333. The van der Waals surface area contributed by atoms with Gasteiger partial charge in [0.15, 0.2) is 0 Å². The van der Waals surface area contributed by atoms with Crippen LogP contribution in [0, 0.1) is 0 Å². The van der Waals surface area contributed by atoms with Gasteiger partial charge in [-0.3, -0.25) is 0 Å². The Morgan fingerprint density at radius 1 is 1.36 bits per heavy atom. The molecule has 0 aliphatic carbocycles. The molecule has 0 amide bonds. The molecule has 0 saturated heterocycles. The Morgan fingerprint density at radius 3 is 2.07 bits per heavy atom. The molecule has 0 aromatic rings. The summed E-state index contributed by atoms with van der Waals surface area (Å²) >= 11 is 0. The van der Waals surface area contributed by atoms with Crippen LogP contribution < -0.4 is 0 Å². The number of nitrogens with zero attached hydrogens (tertiary/aromatic N) is 1. The van der Waals surface area contributed by atoms with Gasteiger partial charge in [-0.15, -0.1) is 0 Å². The van der Waals surface area contributed by atoms with Crippen molar-refractivity contribution in [2.75, 3.05) is 12.3 Å². The first-order chi connectivity index (χ1) is 6.33. The molecule has 14 heavy (non-hydrogen) atoms. The molecule has 3 nitrogen and oxygen atoms in total. The van der Waals surface area contributed by atoms with Gasteiger partial charge in [0.25, 0.3) is 0 Å². The maximum atomic E-state index is 12.5. The molecule has 0 bridgehead atoms. The Bertz CT molecular complexity index is 251. The molecule has 0 aromatic heterocycles. The van der Waals surface area contributed by atoms with Gasteiger partial charge in [-0.25, -0.2) is 0 Å². The summed E-state index contributed by atoms with van der Waals surface area (Å²) in [4.78, 5) is 0. The lowest BCUT2D eigenvalue weighted by atomic mass is 10.1. The highest BCUT2D eigenvalue weighted by Crippen LogP contribution is 2.58. The molecule has 0 rings (SSSR count). The van der Waals surface area contributed by atoms with Crippen molar-refractivity contribution >= 4 is 12.9 Å². The van der Waals surface area contributed by atoms with Crippen LogP contribution in [0.2, 0.25) is 0 Å². The molecular weight excluding hydrogens is 197 g/mol. The smallest absolute Gasteiger partial charge is 0.0928 e. The lowest BCUT2D eigenvalue weighted by Gasteiger charge is -2.33. The third-order valence-electron chi connectivity index (χ3n) is 2.98. The van der Waals surface area contributed by atoms with E-state index in [0.29, 0.717) is 12.1 Å². The van der Waals surface area contributed by atoms with Gasteiger partial charge in [-0.2, -0.15) is 0 Å². The lowest BCUT2D eigenvalue weighted by molar-refractivity contribution is 0.316. The minimum Gasteiger partial charge on any atom is -0.411 e. The van der Waals surface area contributed by atoms with Gasteiger partial charge < -0.3 is 9.77 Å². The largest absolute Gasteiger partial charge is 0.411 e. The first kappa shape index (κ1) is 13.7. The van der Waals surface area contributed by atoms with Crippen LogP contribution in [0.25, 0.3) is 0 Å². The Hall–Kier alpha value is -0.300. The summed E-state index contributed by atoms with van der Waals surface area (Å²) in [7, 11) is -2.14. The van der Waals surface area contributed by atoms with E-state index in [1.165, 1.54) is 0 Å². The maximum Gasteiger partial charge on any atom is 0.0928 e. The number of hydrogen-bond acceptors (Lipinski definition) is 3. The van der Waals surface area contributed by atoms with E-state index in [-0.39, 0.29) is 5.16 Å².